The fraction of sp³-hybridized carbons (Fsp3) is 0.480. The SMILES string of the molecule is CC[C@H](NP(=O)(OC[C@@]1(C)O[C@@H](c2ccc3c(N)ncnn23)[C@H](O)[C@@H]1O)Oc1ccccc1)C(=O)OC(C)C. The summed E-state index contributed by atoms with van der Waals surface area (Å²) in [7, 11) is -4.24. The summed E-state index contributed by atoms with van der Waals surface area (Å²) in [6.07, 6.45) is -2.71. The third-order valence-electron chi connectivity index (χ3n) is 6.31. The molecule has 0 saturated carbocycles. The van der Waals surface area contributed by atoms with E-state index in [0.29, 0.717) is 11.2 Å². The molecule has 4 rings (SSSR count). The lowest BCUT2D eigenvalue weighted by molar-refractivity contribution is -0.149. The van der Waals surface area contributed by atoms with Crippen LogP contribution in [0.3, 0.4) is 0 Å². The van der Waals surface area contributed by atoms with E-state index in [4.69, 9.17) is 24.3 Å². The average Bonchev–Trinajstić information content (AvgIpc) is 3.42. The Morgan fingerprint density at radius 2 is 1.97 bits per heavy atom. The zero-order valence-electron chi connectivity index (χ0n) is 22.1. The van der Waals surface area contributed by atoms with Gasteiger partial charge >= 0.3 is 13.7 Å². The number of benzene rings is 1. The molecule has 1 fully saturated rings. The van der Waals surface area contributed by atoms with Crippen LogP contribution in [0.2, 0.25) is 0 Å². The van der Waals surface area contributed by atoms with E-state index in [2.05, 4.69) is 15.2 Å². The van der Waals surface area contributed by atoms with E-state index < -0.39 is 50.3 Å². The number of nitrogens with two attached hydrogens (primary N) is 1. The molecule has 6 atom stereocenters. The highest BCUT2D eigenvalue weighted by Crippen LogP contribution is 2.48. The summed E-state index contributed by atoms with van der Waals surface area (Å²) >= 11 is 0. The molecule has 13 nitrogen and oxygen atoms in total. The van der Waals surface area contributed by atoms with E-state index in [1.54, 1.807) is 63.2 Å². The van der Waals surface area contributed by atoms with E-state index >= 15 is 0 Å². The fourth-order valence-corrected chi connectivity index (χ4v) is 5.91. The molecule has 1 saturated heterocycles. The van der Waals surface area contributed by atoms with Crippen LogP contribution in [0.5, 0.6) is 5.75 Å². The number of nitrogens with zero attached hydrogens (tertiary/aromatic N) is 3. The van der Waals surface area contributed by atoms with Crippen molar-refractivity contribution in [3.8, 4) is 5.75 Å². The lowest BCUT2D eigenvalue weighted by atomic mass is 9.97. The molecule has 0 amide bonds. The maximum absolute atomic E-state index is 14.0. The second-order valence-electron chi connectivity index (χ2n) is 9.74. The normalized spacial score (nSPS) is 25.5. The van der Waals surface area contributed by atoms with Gasteiger partial charge in [-0.2, -0.15) is 10.2 Å². The Bertz CT molecular complexity index is 1340. The zero-order valence-corrected chi connectivity index (χ0v) is 23.0. The molecule has 1 aromatic carbocycles. The Morgan fingerprint density at radius 3 is 2.64 bits per heavy atom. The highest BCUT2D eigenvalue weighted by atomic mass is 31.2. The second-order valence-corrected chi connectivity index (χ2v) is 11.4. The predicted molar refractivity (Wildman–Crippen MR) is 141 cm³/mol. The molecule has 14 heteroatoms. The smallest absolute Gasteiger partial charge is 0.459 e. The number of nitrogens with one attached hydrogen (secondary N) is 1. The molecule has 0 spiro atoms. The summed E-state index contributed by atoms with van der Waals surface area (Å²) in [5.74, 6) is -0.150. The lowest BCUT2D eigenvalue weighted by Gasteiger charge is -2.30. The molecule has 212 valence electrons. The van der Waals surface area contributed by atoms with Gasteiger partial charge in [0.25, 0.3) is 0 Å². The number of esters is 1. The Hall–Kier alpha value is -3.06. The number of hydrogen-bond donors (Lipinski definition) is 4. The summed E-state index contributed by atoms with van der Waals surface area (Å²) < 4.78 is 38.3. The Labute approximate surface area is 225 Å². The van der Waals surface area contributed by atoms with Crippen LogP contribution in [0.4, 0.5) is 5.82 Å². The number of hydrogen-bond acceptors (Lipinski definition) is 11. The van der Waals surface area contributed by atoms with Crippen molar-refractivity contribution in [3.05, 3.63) is 54.5 Å². The van der Waals surface area contributed by atoms with Gasteiger partial charge in [-0.1, -0.05) is 25.1 Å². The summed E-state index contributed by atoms with van der Waals surface area (Å²) in [5.41, 5.74) is 5.32. The second kappa shape index (κ2) is 11.6. The van der Waals surface area contributed by atoms with Gasteiger partial charge in [-0.15, -0.1) is 0 Å². The topological polar surface area (TPSA) is 180 Å². The number of carbonyl (C=O) groups excluding carboxylic acids is 1. The van der Waals surface area contributed by atoms with E-state index in [1.165, 1.54) is 17.8 Å². The van der Waals surface area contributed by atoms with E-state index in [-0.39, 0.29) is 24.1 Å². The maximum atomic E-state index is 14.0. The van der Waals surface area contributed by atoms with E-state index in [1.807, 2.05) is 0 Å². The molecule has 0 radical (unpaired) electrons. The van der Waals surface area contributed by atoms with Crippen molar-refractivity contribution in [1.82, 2.24) is 19.7 Å². The molecule has 3 heterocycles. The summed E-state index contributed by atoms with van der Waals surface area (Å²) in [5, 5.41) is 28.7. The largest absolute Gasteiger partial charge is 0.462 e. The van der Waals surface area contributed by atoms with Gasteiger partial charge in [-0.05, 0) is 51.5 Å². The average molecular weight is 564 g/mol. The molecule has 1 aliphatic heterocycles. The van der Waals surface area contributed by atoms with Crippen LogP contribution in [-0.4, -0.2) is 67.3 Å². The van der Waals surface area contributed by atoms with Gasteiger partial charge in [0.05, 0.1) is 18.4 Å². The molecule has 1 aliphatic rings. The lowest BCUT2D eigenvalue weighted by Crippen LogP contribution is -2.45. The van der Waals surface area contributed by atoms with E-state index in [9.17, 15) is 19.6 Å². The van der Waals surface area contributed by atoms with Crippen LogP contribution in [0, 0.1) is 0 Å². The molecule has 1 unspecified atom stereocenters. The highest BCUT2D eigenvalue weighted by Gasteiger charge is 2.54. The van der Waals surface area contributed by atoms with Gasteiger partial charge in [-0.25, -0.2) is 14.1 Å². The number of aliphatic hydroxyl groups is 2. The van der Waals surface area contributed by atoms with Gasteiger partial charge in [0.1, 0.15) is 47.5 Å². The quantitative estimate of drug-likeness (QED) is 0.198. The molecule has 3 aromatic rings. The van der Waals surface area contributed by atoms with Crippen molar-refractivity contribution >= 4 is 25.1 Å². The van der Waals surface area contributed by atoms with Crippen molar-refractivity contribution in [2.24, 2.45) is 0 Å². The number of aromatic nitrogens is 3. The fourth-order valence-electron chi connectivity index (χ4n) is 4.24. The van der Waals surface area contributed by atoms with Crippen LogP contribution < -0.4 is 15.3 Å². The van der Waals surface area contributed by atoms with Crippen LogP contribution in [0.25, 0.3) is 5.52 Å². The Balaban J connectivity index is 1.57. The number of para-hydroxylation sites is 1. The van der Waals surface area contributed by atoms with E-state index in [0.717, 1.165) is 0 Å². The van der Waals surface area contributed by atoms with Crippen LogP contribution >= 0.6 is 7.75 Å². The summed E-state index contributed by atoms with van der Waals surface area (Å²) in [6.45, 7) is 6.18. The maximum Gasteiger partial charge on any atom is 0.459 e. The van der Waals surface area contributed by atoms with Gasteiger partial charge in [0.2, 0.25) is 0 Å². The summed E-state index contributed by atoms with van der Waals surface area (Å²) in [6, 6.07) is 10.6. The van der Waals surface area contributed by atoms with Crippen molar-refractivity contribution in [2.45, 2.75) is 70.2 Å². The first-order valence-electron chi connectivity index (χ1n) is 12.6. The van der Waals surface area contributed by atoms with Crippen LogP contribution in [0.1, 0.15) is 45.9 Å². The van der Waals surface area contributed by atoms with Crippen molar-refractivity contribution in [2.75, 3.05) is 12.3 Å². The number of carbonyl (C=O) groups is 1. The molecule has 39 heavy (non-hydrogen) atoms. The first-order valence-corrected chi connectivity index (χ1v) is 14.1. The summed E-state index contributed by atoms with van der Waals surface area (Å²) in [4.78, 5) is 16.6. The first kappa shape index (κ1) is 28.9. The minimum absolute atomic E-state index is 0.230. The first-order chi connectivity index (χ1) is 18.5. The Kier molecular flexibility index (Phi) is 8.60. The number of aliphatic hydroxyl groups excluding tert-OH is 2. The molecule has 0 bridgehead atoms. The van der Waals surface area contributed by atoms with Crippen molar-refractivity contribution < 1.29 is 38.1 Å². The third kappa shape index (κ3) is 6.24. The van der Waals surface area contributed by atoms with Crippen molar-refractivity contribution in [3.63, 3.8) is 0 Å². The molecule has 2 aromatic heterocycles. The van der Waals surface area contributed by atoms with Crippen molar-refractivity contribution in [1.29, 1.82) is 0 Å². The minimum Gasteiger partial charge on any atom is -0.462 e. The molecule has 0 aliphatic carbocycles. The number of ether oxygens (including phenoxy) is 2. The zero-order chi connectivity index (χ0) is 28.4. The number of anilines is 1. The van der Waals surface area contributed by atoms with Gasteiger partial charge in [0, 0.05) is 0 Å². The number of rotatable bonds is 11. The number of fused-ring (bicyclic) bond motifs is 1. The van der Waals surface area contributed by atoms with Gasteiger partial charge in [-0.3, -0.25) is 9.32 Å². The predicted octanol–water partition coefficient (Wildman–Crippen LogP) is 2.39. The third-order valence-corrected chi connectivity index (χ3v) is 7.85. The van der Waals surface area contributed by atoms with Gasteiger partial charge < -0.3 is 29.9 Å². The molecular weight excluding hydrogens is 529 g/mol. The van der Waals surface area contributed by atoms with Crippen LogP contribution in [-0.2, 0) is 23.4 Å². The monoisotopic (exact) mass is 563 g/mol. The standard InChI is InChI=1S/C25H34N5O8P/c1-5-17(24(33)36-15(2)3)29-39(34,38-16-9-7-6-8-10-16)35-13-25(4)22(32)20(31)21(37-25)18-11-12-19-23(26)27-14-28-30(18)19/h6-12,14-15,17,20-22,31-32H,5,13H2,1-4H3,(H,29,34)(H2,26,27,28)/t17-,20-,21-,22-,25+,39?/m0/s1. The Morgan fingerprint density at radius 1 is 1.26 bits per heavy atom. The van der Waals surface area contributed by atoms with Gasteiger partial charge in [0.15, 0.2) is 5.82 Å². The van der Waals surface area contributed by atoms with Crippen LogP contribution in [0.15, 0.2) is 48.8 Å². The minimum atomic E-state index is -4.24. The highest BCUT2D eigenvalue weighted by molar-refractivity contribution is 7.52. The molecular formula is C25H34N5O8P. The number of nitrogen functional groups attached to an aromatic ring is 1. The molecule has 5 N–H and O–H groups in total.